The van der Waals surface area contributed by atoms with Gasteiger partial charge in [0.25, 0.3) is 0 Å². The van der Waals surface area contributed by atoms with Gasteiger partial charge in [0.1, 0.15) is 0 Å². The summed E-state index contributed by atoms with van der Waals surface area (Å²) < 4.78 is 4.66. The Bertz CT molecular complexity index is 1430. The van der Waals surface area contributed by atoms with E-state index in [-0.39, 0.29) is 0 Å². The Morgan fingerprint density at radius 2 is 0.912 bits per heavy atom. The second-order valence-corrected chi connectivity index (χ2v) is 9.19. The number of hydrogen-bond acceptors (Lipinski definition) is 2. The number of fused-ring (bicyclic) bond motifs is 14. The Morgan fingerprint density at radius 3 is 1.44 bits per heavy atom. The highest BCUT2D eigenvalue weighted by molar-refractivity contribution is 5.85. The molecule has 2 aromatic carbocycles. The highest BCUT2D eigenvalue weighted by atomic mass is 15.0. The number of para-hydroxylation sites is 2. The van der Waals surface area contributed by atoms with Crippen LogP contribution < -0.4 is 0 Å². The van der Waals surface area contributed by atoms with Gasteiger partial charge >= 0.3 is 0 Å². The second kappa shape index (κ2) is 7.70. The van der Waals surface area contributed by atoms with Crippen molar-refractivity contribution >= 4 is 21.8 Å². The zero-order chi connectivity index (χ0) is 22.5. The molecule has 0 saturated heterocycles. The molecule has 8 bridgehead atoms. The van der Waals surface area contributed by atoms with Gasteiger partial charge in [-0.2, -0.15) is 0 Å². The van der Waals surface area contributed by atoms with Crippen LogP contribution in [0, 0.1) is 0 Å². The summed E-state index contributed by atoms with van der Waals surface area (Å²) in [6.07, 6.45) is 6.20. The Balaban J connectivity index is 1.43. The molecule has 5 heterocycles. The first-order chi connectivity index (χ1) is 16.8. The first kappa shape index (κ1) is 19.3. The Labute approximate surface area is 198 Å². The molecule has 0 saturated carbocycles. The van der Waals surface area contributed by atoms with Crippen LogP contribution in [0.2, 0.25) is 0 Å². The van der Waals surface area contributed by atoms with Gasteiger partial charge in [0, 0.05) is 58.4 Å². The second-order valence-electron chi connectivity index (χ2n) is 9.19. The van der Waals surface area contributed by atoms with Crippen molar-refractivity contribution in [2.75, 3.05) is 0 Å². The van der Waals surface area contributed by atoms with Crippen molar-refractivity contribution in [3.8, 4) is 0 Å². The molecule has 4 heteroatoms. The molecule has 0 unspecified atom stereocenters. The van der Waals surface area contributed by atoms with Crippen LogP contribution in [0.4, 0.5) is 0 Å². The van der Waals surface area contributed by atoms with Crippen molar-refractivity contribution in [2.24, 2.45) is 0 Å². The van der Waals surface area contributed by atoms with Crippen LogP contribution in [-0.2, 0) is 25.9 Å². The number of rotatable bonds is 0. The first-order valence-electron chi connectivity index (χ1n) is 11.8. The lowest BCUT2D eigenvalue weighted by Gasteiger charge is -2.09. The standard InChI is InChI=1S/C30H24N4/c1-3-13-29-27(11-1)21-15-23-7-5-8-24(31-23)16-22-18-34(30-14-4-2-12-28(22)30)20-26-10-6-9-25(32-26)19-33(29)17-21/h1-14,17-18H,15-16,19-20H2. The van der Waals surface area contributed by atoms with E-state index >= 15 is 0 Å². The van der Waals surface area contributed by atoms with E-state index in [1.807, 2.05) is 0 Å². The fourth-order valence-electron chi connectivity index (χ4n) is 5.36. The van der Waals surface area contributed by atoms with E-state index in [2.05, 4.69) is 106 Å². The summed E-state index contributed by atoms with van der Waals surface area (Å²) in [5.74, 6) is 0. The van der Waals surface area contributed by atoms with Gasteiger partial charge in [-0.1, -0.05) is 48.5 Å². The summed E-state index contributed by atoms with van der Waals surface area (Å²) in [4.78, 5) is 10.1. The molecule has 0 fully saturated rings. The minimum atomic E-state index is 0.750. The molecule has 4 nitrogen and oxygen atoms in total. The summed E-state index contributed by atoms with van der Waals surface area (Å²) in [5.41, 5.74) is 9.46. The van der Waals surface area contributed by atoms with Gasteiger partial charge in [-0.25, -0.2) is 0 Å². The minimum absolute atomic E-state index is 0.750. The van der Waals surface area contributed by atoms with E-state index in [9.17, 15) is 0 Å². The van der Waals surface area contributed by atoms with Gasteiger partial charge in [0.2, 0.25) is 0 Å². The Hall–Kier alpha value is -4.18. The number of nitrogens with zero attached hydrogens (tertiary/aromatic N) is 4. The van der Waals surface area contributed by atoms with E-state index in [0.29, 0.717) is 0 Å². The van der Waals surface area contributed by atoms with Crippen molar-refractivity contribution in [3.63, 3.8) is 0 Å². The summed E-state index contributed by atoms with van der Waals surface area (Å²) >= 11 is 0. The van der Waals surface area contributed by atoms with E-state index in [1.165, 1.54) is 32.9 Å². The molecular weight excluding hydrogens is 416 g/mol. The lowest BCUT2D eigenvalue weighted by atomic mass is 10.1. The van der Waals surface area contributed by atoms with Gasteiger partial charge in [-0.3, -0.25) is 9.97 Å². The van der Waals surface area contributed by atoms with Gasteiger partial charge in [0.15, 0.2) is 0 Å². The highest BCUT2D eigenvalue weighted by Crippen LogP contribution is 2.27. The van der Waals surface area contributed by atoms with Crippen LogP contribution in [0.25, 0.3) is 21.8 Å². The van der Waals surface area contributed by atoms with Crippen LogP contribution in [0.5, 0.6) is 0 Å². The van der Waals surface area contributed by atoms with Crippen molar-refractivity contribution in [3.05, 3.63) is 131 Å². The summed E-state index contributed by atoms with van der Waals surface area (Å²) in [7, 11) is 0. The maximum absolute atomic E-state index is 5.07. The van der Waals surface area contributed by atoms with Crippen LogP contribution >= 0.6 is 0 Å². The zero-order valence-corrected chi connectivity index (χ0v) is 18.9. The molecule has 1 aliphatic heterocycles. The van der Waals surface area contributed by atoms with Crippen LogP contribution in [0.3, 0.4) is 0 Å². The van der Waals surface area contributed by atoms with E-state index < -0.39 is 0 Å². The quantitative estimate of drug-likeness (QED) is 0.291. The van der Waals surface area contributed by atoms with Crippen LogP contribution in [-0.4, -0.2) is 19.1 Å². The predicted molar refractivity (Wildman–Crippen MR) is 136 cm³/mol. The van der Waals surface area contributed by atoms with E-state index in [1.54, 1.807) is 0 Å². The maximum atomic E-state index is 5.07. The molecule has 0 atom stereocenters. The lowest BCUT2D eigenvalue weighted by Crippen LogP contribution is -2.05. The molecule has 0 N–H and O–H groups in total. The Kier molecular flexibility index (Phi) is 4.37. The third kappa shape index (κ3) is 3.30. The minimum Gasteiger partial charge on any atom is -0.341 e. The molecule has 4 aromatic heterocycles. The fraction of sp³-hybridized carbons (Fsp3) is 0.133. The summed E-state index contributed by atoms with van der Waals surface area (Å²) in [5, 5.41) is 2.58. The zero-order valence-electron chi connectivity index (χ0n) is 18.9. The summed E-state index contributed by atoms with van der Waals surface area (Å²) in [6.45, 7) is 1.50. The van der Waals surface area contributed by atoms with Gasteiger partial charge in [-0.15, -0.1) is 0 Å². The fourth-order valence-corrected chi connectivity index (χ4v) is 5.36. The molecule has 1 aliphatic rings. The number of pyridine rings is 2. The molecule has 0 aliphatic carbocycles. The normalized spacial score (nSPS) is 13.4. The predicted octanol–water partition coefficient (Wildman–Crippen LogP) is 5.98. The van der Waals surface area contributed by atoms with Crippen molar-refractivity contribution in [2.45, 2.75) is 25.9 Å². The van der Waals surface area contributed by atoms with E-state index in [0.717, 1.165) is 48.7 Å². The molecule has 0 spiro atoms. The number of hydrogen-bond donors (Lipinski definition) is 0. The average Bonchev–Trinajstić information content (AvgIpc) is 3.37. The van der Waals surface area contributed by atoms with Gasteiger partial charge in [-0.05, 0) is 47.5 Å². The van der Waals surface area contributed by atoms with Crippen molar-refractivity contribution in [1.29, 1.82) is 0 Å². The smallest absolute Gasteiger partial charge is 0.0648 e. The maximum Gasteiger partial charge on any atom is 0.0648 e. The Morgan fingerprint density at radius 1 is 0.471 bits per heavy atom. The van der Waals surface area contributed by atoms with Gasteiger partial charge in [0.05, 0.1) is 24.5 Å². The first-order valence-corrected chi connectivity index (χ1v) is 11.8. The molecule has 34 heavy (non-hydrogen) atoms. The van der Waals surface area contributed by atoms with Gasteiger partial charge < -0.3 is 9.13 Å². The number of benzene rings is 2. The molecule has 0 amide bonds. The van der Waals surface area contributed by atoms with Crippen LogP contribution in [0.1, 0.15) is 33.9 Å². The van der Waals surface area contributed by atoms with E-state index in [4.69, 9.17) is 9.97 Å². The lowest BCUT2D eigenvalue weighted by molar-refractivity contribution is 0.760. The molecular formula is C30H24N4. The van der Waals surface area contributed by atoms with Crippen molar-refractivity contribution in [1.82, 2.24) is 19.1 Å². The third-order valence-corrected chi connectivity index (χ3v) is 6.88. The molecule has 164 valence electrons. The average molecular weight is 441 g/mol. The molecule has 0 radical (unpaired) electrons. The summed E-state index contributed by atoms with van der Waals surface area (Å²) in [6, 6.07) is 30.1. The molecule has 7 rings (SSSR count). The third-order valence-electron chi connectivity index (χ3n) is 6.88. The van der Waals surface area contributed by atoms with Crippen LogP contribution in [0.15, 0.2) is 97.3 Å². The highest BCUT2D eigenvalue weighted by Gasteiger charge is 2.14. The topological polar surface area (TPSA) is 35.6 Å². The largest absolute Gasteiger partial charge is 0.341 e. The number of aromatic nitrogens is 4. The van der Waals surface area contributed by atoms with Crippen molar-refractivity contribution < 1.29 is 0 Å². The SMILES string of the molecule is c1cc2nc(c1)Cc1cn(c3ccccc13)Cc1cccc(n1)Cn1cc(c3ccccc31)C2. The monoisotopic (exact) mass is 440 g/mol. The molecule has 6 aromatic rings.